The van der Waals surface area contributed by atoms with Gasteiger partial charge in [0.2, 0.25) is 0 Å². The zero-order chi connectivity index (χ0) is 14.4. The Labute approximate surface area is 122 Å². The van der Waals surface area contributed by atoms with Crippen molar-refractivity contribution in [1.82, 2.24) is 5.43 Å². The van der Waals surface area contributed by atoms with Crippen LogP contribution in [0, 0.1) is 11.7 Å². The van der Waals surface area contributed by atoms with Crippen molar-refractivity contribution >= 4 is 15.9 Å². The first-order chi connectivity index (χ1) is 9.01. The van der Waals surface area contributed by atoms with Crippen LogP contribution in [0.15, 0.2) is 22.7 Å². The minimum absolute atomic E-state index is 0.00910. The standard InChI is InChI=1S/C14H22BrFN2O/c1-4-19-14(9(2)3)12(18-17)8-10-6-5-7-11(16)13(10)15/h5-7,9,12,14,18H,4,8,17H2,1-3H3. The third-order valence-corrected chi connectivity index (χ3v) is 3.99. The Bertz CT molecular complexity index is 401. The van der Waals surface area contributed by atoms with Crippen molar-refractivity contribution in [2.45, 2.75) is 39.3 Å². The maximum atomic E-state index is 13.5. The number of nitrogens with two attached hydrogens (primary N) is 1. The molecule has 2 unspecified atom stereocenters. The molecule has 0 saturated heterocycles. The molecule has 3 nitrogen and oxygen atoms in total. The van der Waals surface area contributed by atoms with Crippen molar-refractivity contribution in [2.24, 2.45) is 11.8 Å². The summed E-state index contributed by atoms with van der Waals surface area (Å²) in [6.45, 7) is 6.77. The van der Waals surface area contributed by atoms with E-state index < -0.39 is 0 Å². The van der Waals surface area contributed by atoms with Crippen LogP contribution in [-0.2, 0) is 11.2 Å². The molecule has 0 fully saturated rings. The van der Waals surface area contributed by atoms with Crippen LogP contribution in [0.3, 0.4) is 0 Å². The molecule has 0 aliphatic heterocycles. The highest BCUT2D eigenvalue weighted by Crippen LogP contribution is 2.23. The van der Waals surface area contributed by atoms with Gasteiger partial charge in [-0.3, -0.25) is 11.3 Å². The minimum Gasteiger partial charge on any atom is -0.377 e. The Balaban J connectivity index is 2.88. The summed E-state index contributed by atoms with van der Waals surface area (Å²) in [6, 6.07) is 4.97. The summed E-state index contributed by atoms with van der Waals surface area (Å²) in [7, 11) is 0. The van der Waals surface area contributed by atoms with Gasteiger partial charge >= 0.3 is 0 Å². The molecular weight excluding hydrogens is 311 g/mol. The highest BCUT2D eigenvalue weighted by Gasteiger charge is 2.25. The van der Waals surface area contributed by atoms with Crippen LogP contribution in [0.4, 0.5) is 4.39 Å². The van der Waals surface area contributed by atoms with Gasteiger partial charge in [-0.1, -0.05) is 26.0 Å². The number of hydrogen-bond donors (Lipinski definition) is 2. The van der Waals surface area contributed by atoms with E-state index in [0.717, 1.165) is 5.56 Å². The number of hydrazine groups is 1. The number of benzene rings is 1. The Kier molecular flexibility index (Phi) is 6.93. The number of hydrogen-bond acceptors (Lipinski definition) is 3. The highest BCUT2D eigenvalue weighted by atomic mass is 79.9. The van der Waals surface area contributed by atoms with E-state index in [2.05, 4.69) is 35.2 Å². The van der Waals surface area contributed by atoms with E-state index in [1.54, 1.807) is 6.07 Å². The second kappa shape index (κ2) is 7.94. The van der Waals surface area contributed by atoms with Crippen molar-refractivity contribution in [3.63, 3.8) is 0 Å². The fourth-order valence-electron chi connectivity index (χ4n) is 2.18. The molecule has 0 aliphatic rings. The Morgan fingerprint density at radius 1 is 1.42 bits per heavy atom. The summed E-state index contributed by atoms with van der Waals surface area (Å²) >= 11 is 3.28. The van der Waals surface area contributed by atoms with Crippen LogP contribution in [0.5, 0.6) is 0 Å². The van der Waals surface area contributed by atoms with Gasteiger partial charge in [-0.15, -0.1) is 0 Å². The van der Waals surface area contributed by atoms with Gasteiger partial charge in [-0.05, 0) is 46.8 Å². The third kappa shape index (κ3) is 4.53. The van der Waals surface area contributed by atoms with E-state index in [9.17, 15) is 4.39 Å². The fourth-order valence-corrected chi connectivity index (χ4v) is 2.60. The Hall–Kier alpha value is -0.490. The van der Waals surface area contributed by atoms with Gasteiger partial charge in [0.1, 0.15) is 5.82 Å². The smallest absolute Gasteiger partial charge is 0.137 e. The molecule has 0 amide bonds. The monoisotopic (exact) mass is 332 g/mol. The van der Waals surface area contributed by atoms with Crippen molar-refractivity contribution in [3.8, 4) is 0 Å². The van der Waals surface area contributed by atoms with Crippen molar-refractivity contribution < 1.29 is 9.13 Å². The van der Waals surface area contributed by atoms with Gasteiger partial charge in [0.25, 0.3) is 0 Å². The van der Waals surface area contributed by atoms with E-state index >= 15 is 0 Å². The summed E-state index contributed by atoms with van der Waals surface area (Å²) in [4.78, 5) is 0. The molecule has 0 spiro atoms. The maximum Gasteiger partial charge on any atom is 0.137 e. The van der Waals surface area contributed by atoms with Gasteiger partial charge in [0.05, 0.1) is 16.6 Å². The second-order valence-corrected chi connectivity index (χ2v) is 5.65. The van der Waals surface area contributed by atoms with Crippen LogP contribution >= 0.6 is 15.9 Å². The molecule has 19 heavy (non-hydrogen) atoms. The van der Waals surface area contributed by atoms with Gasteiger partial charge in [0, 0.05) is 6.61 Å². The first-order valence-corrected chi connectivity index (χ1v) is 7.31. The van der Waals surface area contributed by atoms with Crippen molar-refractivity contribution in [2.75, 3.05) is 6.61 Å². The molecule has 0 saturated carbocycles. The van der Waals surface area contributed by atoms with E-state index in [1.807, 2.05) is 13.0 Å². The molecule has 2 atom stereocenters. The number of halogens is 2. The molecule has 0 radical (unpaired) electrons. The van der Waals surface area contributed by atoms with Crippen LogP contribution in [0.1, 0.15) is 26.3 Å². The van der Waals surface area contributed by atoms with Crippen LogP contribution in [0.2, 0.25) is 0 Å². The summed E-state index contributed by atoms with van der Waals surface area (Å²) in [5.41, 5.74) is 3.68. The average molecular weight is 333 g/mol. The van der Waals surface area contributed by atoms with Gasteiger partial charge in [-0.2, -0.15) is 0 Å². The normalized spacial score (nSPS) is 14.7. The largest absolute Gasteiger partial charge is 0.377 e. The molecule has 0 aliphatic carbocycles. The molecule has 1 aromatic carbocycles. The number of rotatable bonds is 7. The van der Waals surface area contributed by atoms with Gasteiger partial charge in [0.15, 0.2) is 0 Å². The minimum atomic E-state index is -0.259. The topological polar surface area (TPSA) is 47.3 Å². The van der Waals surface area contributed by atoms with Gasteiger partial charge < -0.3 is 4.74 Å². The summed E-state index contributed by atoms with van der Waals surface area (Å²) in [5.74, 6) is 5.71. The fraction of sp³-hybridized carbons (Fsp3) is 0.571. The first-order valence-electron chi connectivity index (χ1n) is 6.51. The molecule has 1 aromatic rings. The highest BCUT2D eigenvalue weighted by molar-refractivity contribution is 9.10. The molecule has 0 bridgehead atoms. The molecule has 1 rings (SSSR count). The van der Waals surface area contributed by atoms with E-state index in [1.165, 1.54) is 6.07 Å². The summed E-state index contributed by atoms with van der Waals surface area (Å²) < 4.78 is 19.8. The lowest BCUT2D eigenvalue weighted by Gasteiger charge is -2.29. The second-order valence-electron chi connectivity index (χ2n) is 4.85. The van der Waals surface area contributed by atoms with E-state index in [0.29, 0.717) is 23.4 Å². The third-order valence-electron chi connectivity index (χ3n) is 3.10. The quantitative estimate of drug-likeness (QED) is 0.596. The number of nitrogens with one attached hydrogen (secondary N) is 1. The zero-order valence-corrected chi connectivity index (χ0v) is 13.2. The molecule has 5 heteroatoms. The molecular formula is C14H22BrFN2O. The van der Waals surface area contributed by atoms with Crippen LogP contribution in [-0.4, -0.2) is 18.8 Å². The first kappa shape index (κ1) is 16.6. The predicted molar refractivity (Wildman–Crippen MR) is 79.2 cm³/mol. The summed E-state index contributed by atoms with van der Waals surface area (Å²) in [5, 5.41) is 0. The SMILES string of the molecule is CCOC(C(C)C)C(Cc1cccc(F)c1Br)NN. The molecule has 3 N–H and O–H groups in total. The number of ether oxygens (including phenoxy) is 1. The summed E-state index contributed by atoms with van der Waals surface area (Å²) in [6.07, 6.45) is 0.600. The van der Waals surface area contributed by atoms with Gasteiger partial charge in [-0.25, -0.2) is 4.39 Å². The predicted octanol–water partition coefficient (Wildman–Crippen LogP) is 3.02. The molecule has 0 aromatic heterocycles. The van der Waals surface area contributed by atoms with E-state index in [-0.39, 0.29) is 18.0 Å². The van der Waals surface area contributed by atoms with E-state index in [4.69, 9.17) is 10.6 Å². The van der Waals surface area contributed by atoms with Crippen LogP contribution in [0.25, 0.3) is 0 Å². The lowest BCUT2D eigenvalue weighted by molar-refractivity contribution is 0.00350. The average Bonchev–Trinajstić information content (AvgIpc) is 2.38. The lowest BCUT2D eigenvalue weighted by Crippen LogP contribution is -2.49. The Morgan fingerprint density at radius 2 is 2.11 bits per heavy atom. The zero-order valence-electron chi connectivity index (χ0n) is 11.6. The lowest BCUT2D eigenvalue weighted by atomic mass is 9.94. The Morgan fingerprint density at radius 3 is 2.63 bits per heavy atom. The maximum absolute atomic E-state index is 13.5. The van der Waals surface area contributed by atoms with Crippen LogP contribution < -0.4 is 11.3 Å². The van der Waals surface area contributed by atoms with Crippen molar-refractivity contribution in [3.05, 3.63) is 34.1 Å². The van der Waals surface area contributed by atoms with Crippen molar-refractivity contribution in [1.29, 1.82) is 0 Å². The molecule has 108 valence electrons. The molecule has 0 heterocycles.